The zero-order valence-electron chi connectivity index (χ0n) is 17.0. The number of sulfone groups is 1. The molecule has 4 aromatic carbocycles. The predicted molar refractivity (Wildman–Crippen MR) is 139 cm³/mol. The molecule has 0 atom stereocenters. The molecule has 0 aliphatic rings. The minimum absolute atomic E-state index is 0.0190. The van der Waals surface area contributed by atoms with Crippen LogP contribution in [0.2, 0.25) is 30.1 Å². The summed E-state index contributed by atoms with van der Waals surface area (Å²) in [7, 11) is -4.45. The molecule has 0 radical (unpaired) electrons. The molecule has 0 aliphatic carbocycles. The van der Waals surface area contributed by atoms with Gasteiger partial charge in [0.2, 0.25) is 9.84 Å². The Balaban J connectivity index is 1.99. The topological polar surface area (TPSA) is 34.1 Å². The molecule has 2 nitrogen and oxygen atoms in total. The normalized spacial score (nSPS) is 11.7. The van der Waals surface area contributed by atoms with Gasteiger partial charge in [-0.05, 0) is 47.5 Å². The third-order valence-electron chi connectivity index (χ3n) is 5.09. The van der Waals surface area contributed by atoms with Crippen LogP contribution in [0, 0.1) is 11.6 Å². The van der Waals surface area contributed by atoms with Crippen LogP contribution in [-0.2, 0) is 9.84 Å². The number of hydrogen-bond acceptors (Lipinski definition) is 2. The summed E-state index contributed by atoms with van der Waals surface area (Å²) in [5.41, 5.74) is 0.865. The van der Waals surface area contributed by atoms with E-state index in [9.17, 15) is 17.2 Å². The van der Waals surface area contributed by atoms with Crippen molar-refractivity contribution >= 4 is 79.4 Å². The van der Waals surface area contributed by atoms with Gasteiger partial charge in [-0.1, -0.05) is 93.9 Å². The van der Waals surface area contributed by atoms with Crippen molar-refractivity contribution in [2.45, 2.75) is 9.79 Å². The average molecular weight is 613 g/mol. The molecule has 180 valence electrons. The van der Waals surface area contributed by atoms with E-state index in [2.05, 4.69) is 0 Å². The number of hydrogen-bond donors (Lipinski definition) is 0. The lowest BCUT2D eigenvalue weighted by Crippen LogP contribution is -2.06. The van der Waals surface area contributed by atoms with E-state index in [-0.39, 0.29) is 41.3 Å². The molecule has 0 aromatic heterocycles. The molecule has 0 heterocycles. The van der Waals surface area contributed by atoms with Crippen molar-refractivity contribution in [1.82, 2.24) is 0 Å². The van der Waals surface area contributed by atoms with Gasteiger partial charge < -0.3 is 0 Å². The monoisotopic (exact) mass is 610 g/mol. The van der Waals surface area contributed by atoms with Crippen LogP contribution in [0.5, 0.6) is 0 Å². The first-order valence-electron chi connectivity index (χ1n) is 9.55. The quantitative estimate of drug-likeness (QED) is 0.215. The third kappa shape index (κ3) is 4.88. The van der Waals surface area contributed by atoms with Crippen LogP contribution in [0.4, 0.5) is 8.78 Å². The lowest BCUT2D eigenvalue weighted by atomic mass is 10.1. The SMILES string of the molecule is O=S(=O)(c1cc(Cl)c(Cl)c(-c2ccc(F)cc2)c1Cl)c1cc(Cl)c(Cl)c(-c2ccc(F)cc2)c1Cl. The van der Waals surface area contributed by atoms with Crippen LogP contribution >= 0.6 is 69.6 Å². The minimum atomic E-state index is -4.45. The molecule has 0 spiro atoms. The van der Waals surface area contributed by atoms with E-state index in [4.69, 9.17) is 69.6 Å². The summed E-state index contributed by atoms with van der Waals surface area (Å²) in [5.74, 6) is -1.02. The van der Waals surface area contributed by atoms with Gasteiger partial charge in [0.25, 0.3) is 0 Å². The molecule has 0 saturated heterocycles. The van der Waals surface area contributed by atoms with Crippen molar-refractivity contribution in [3.8, 4) is 22.3 Å². The second-order valence-electron chi connectivity index (χ2n) is 7.24. The molecule has 11 heteroatoms. The predicted octanol–water partition coefficient (Wildman–Crippen LogP) is 10.1. The highest BCUT2D eigenvalue weighted by atomic mass is 35.5. The van der Waals surface area contributed by atoms with Gasteiger partial charge in [-0.2, -0.15) is 0 Å². The number of halogens is 8. The van der Waals surface area contributed by atoms with E-state index in [1.165, 1.54) is 48.5 Å². The van der Waals surface area contributed by atoms with Crippen molar-refractivity contribution in [1.29, 1.82) is 0 Å². The number of benzene rings is 4. The zero-order valence-corrected chi connectivity index (χ0v) is 22.4. The molecule has 0 N–H and O–H groups in total. The van der Waals surface area contributed by atoms with Crippen LogP contribution in [0.1, 0.15) is 0 Å². The molecular formula is C24H10Cl6F2O2S. The second-order valence-corrected chi connectivity index (χ2v) is 11.4. The van der Waals surface area contributed by atoms with Crippen LogP contribution in [0.15, 0.2) is 70.5 Å². The molecule has 4 rings (SSSR count). The maximum Gasteiger partial charge on any atom is 0.209 e. The van der Waals surface area contributed by atoms with Gasteiger partial charge in [0.05, 0.1) is 39.9 Å². The molecule has 0 aliphatic heterocycles. The van der Waals surface area contributed by atoms with Crippen LogP contribution in [0.25, 0.3) is 22.3 Å². The van der Waals surface area contributed by atoms with Gasteiger partial charge in [0, 0.05) is 11.1 Å². The van der Waals surface area contributed by atoms with E-state index in [1.54, 1.807) is 0 Å². The van der Waals surface area contributed by atoms with E-state index in [1.807, 2.05) is 0 Å². The lowest BCUT2D eigenvalue weighted by molar-refractivity contribution is 0.596. The molecule has 0 unspecified atom stereocenters. The Kier molecular flexibility index (Phi) is 7.61. The highest BCUT2D eigenvalue weighted by Gasteiger charge is 2.31. The molecule has 0 saturated carbocycles. The van der Waals surface area contributed by atoms with Crippen LogP contribution < -0.4 is 0 Å². The molecule has 4 aromatic rings. The Morgan fingerprint density at radius 3 is 1.14 bits per heavy atom. The van der Waals surface area contributed by atoms with Gasteiger partial charge in [-0.25, -0.2) is 17.2 Å². The highest BCUT2D eigenvalue weighted by molar-refractivity contribution is 7.91. The molecule has 0 bridgehead atoms. The van der Waals surface area contributed by atoms with Crippen LogP contribution in [-0.4, -0.2) is 8.42 Å². The Hall–Kier alpha value is -1.57. The van der Waals surface area contributed by atoms with E-state index in [0.29, 0.717) is 11.1 Å². The lowest BCUT2D eigenvalue weighted by Gasteiger charge is -2.17. The summed E-state index contributed by atoms with van der Waals surface area (Å²) in [6.45, 7) is 0. The summed E-state index contributed by atoms with van der Waals surface area (Å²) in [6, 6.07) is 12.4. The van der Waals surface area contributed by atoms with Crippen molar-refractivity contribution in [3.63, 3.8) is 0 Å². The number of rotatable bonds is 4. The molecule has 0 fully saturated rings. The standard InChI is InChI=1S/C24H10Cl6F2O2S/c25-15-9-17(23(29)19(21(15)27)11-1-5-13(31)6-2-11)35(33,34)18-10-16(26)22(28)20(24(18)30)12-3-7-14(32)8-4-12/h1-10H. The first kappa shape index (κ1) is 26.5. The average Bonchev–Trinajstić information content (AvgIpc) is 2.81. The second kappa shape index (κ2) is 10.1. The molecule has 0 amide bonds. The summed E-state index contributed by atoms with van der Waals surface area (Å²) < 4.78 is 54.5. The Labute approximate surface area is 229 Å². The fourth-order valence-corrected chi connectivity index (χ4v) is 7.15. The largest absolute Gasteiger partial charge is 0.218 e. The van der Waals surface area contributed by atoms with Crippen molar-refractivity contribution in [3.05, 3.63) is 102 Å². The fourth-order valence-electron chi connectivity index (χ4n) is 3.41. The Bertz CT molecular complexity index is 1460. The van der Waals surface area contributed by atoms with Crippen molar-refractivity contribution < 1.29 is 17.2 Å². The summed E-state index contributed by atoms with van der Waals surface area (Å²) in [4.78, 5) is -0.809. The highest BCUT2D eigenvalue weighted by Crippen LogP contribution is 2.48. The minimum Gasteiger partial charge on any atom is -0.218 e. The molecule has 35 heavy (non-hydrogen) atoms. The molecular weight excluding hydrogens is 603 g/mol. The third-order valence-corrected chi connectivity index (χ3v) is 9.48. The van der Waals surface area contributed by atoms with Gasteiger partial charge in [-0.15, -0.1) is 0 Å². The van der Waals surface area contributed by atoms with E-state index in [0.717, 1.165) is 12.1 Å². The van der Waals surface area contributed by atoms with Gasteiger partial charge in [0.15, 0.2) is 0 Å². The van der Waals surface area contributed by atoms with Crippen molar-refractivity contribution in [2.24, 2.45) is 0 Å². The zero-order chi connectivity index (χ0) is 25.7. The summed E-state index contributed by atoms with van der Waals surface area (Å²) in [5, 5.41) is -0.760. The van der Waals surface area contributed by atoms with Crippen LogP contribution in [0.3, 0.4) is 0 Å². The first-order chi connectivity index (χ1) is 16.4. The smallest absolute Gasteiger partial charge is 0.209 e. The fraction of sp³-hybridized carbons (Fsp3) is 0. The van der Waals surface area contributed by atoms with Gasteiger partial charge >= 0.3 is 0 Å². The van der Waals surface area contributed by atoms with Gasteiger partial charge in [-0.3, -0.25) is 0 Å². The van der Waals surface area contributed by atoms with Crippen molar-refractivity contribution in [2.75, 3.05) is 0 Å². The summed E-state index contributed by atoms with van der Waals surface area (Å²) in [6.07, 6.45) is 0. The Morgan fingerprint density at radius 2 is 0.829 bits per heavy atom. The first-order valence-corrected chi connectivity index (χ1v) is 13.3. The van der Waals surface area contributed by atoms with E-state index >= 15 is 0 Å². The maximum atomic E-state index is 13.8. The van der Waals surface area contributed by atoms with Gasteiger partial charge in [0.1, 0.15) is 11.6 Å². The Morgan fingerprint density at radius 1 is 0.514 bits per heavy atom. The van der Waals surface area contributed by atoms with E-state index < -0.39 is 31.3 Å². The maximum absolute atomic E-state index is 13.8. The summed E-state index contributed by atoms with van der Waals surface area (Å²) >= 11 is 38.3.